The van der Waals surface area contributed by atoms with Gasteiger partial charge in [-0.3, -0.25) is 5.10 Å². The second-order valence-corrected chi connectivity index (χ2v) is 6.17. The molecule has 1 aliphatic carbocycles. The van der Waals surface area contributed by atoms with Gasteiger partial charge in [0, 0.05) is 22.1 Å². The molecule has 0 radical (unpaired) electrons. The van der Waals surface area contributed by atoms with Crippen molar-refractivity contribution in [1.29, 1.82) is 0 Å². The third-order valence-electron chi connectivity index (χ3n) is 4.29. The first kappa shape index (κ1) is 12.7. The van der Waals surface area contributed by atoms with Gasteiger partial charge in [-0.15, -0.1) is 0 Å². The Morgan fingerprint density at radius 1 is 1.10 bits per heavy atom. The van der Waals surface area contributed by atoms with Crippen molar-refractivity contribution in [3.63, 3.8) is 0 Å². The lowest BCUT2D eigenvalue weighted by atomic mass is 9.76. The van der Waals surface area contributed by atoms with E-state index >= 15 is 0 Å². The molecule has 0 aliphatic heterocycles. The highest BCUT2D eigenvalue weighted by Crippen LogP contribution is 2.39. The number of halogens is 1. The maximum absolute atomic E-state index is 5.93. The molecule has 2 N–H and O–H groups in total. The second-order valence-electron chi connectivity index (χ2n) is 5.73. The summed E-state index contributed by atoms with van der Waals surface area (Å²) in [6.45, 7) is 0. The van der Waals surface area contributed by atoms with Gasteiger partial charge >= 0.3 is 0 Å². The summed E-state index contributed by atoms with van der Waals surface area (Å²) in [5.41, 5.74) is 3.64. The van der Waals surface area contributed by atoms with E-state index in [4.69, 9.17) is 11.6 Å². The predicted molar refractivity (Wildman–Crippen MR) is 86.9 cm³/mol. The molecule has 1 aromatic heterocycles. The molecule has 0 atom stereocenters. The van der Waals surface area contributed by atoms with E-state index in [2.05, 4.69) is 45.8 Å². The van der Waals surface area contributed by atoms with Gasteiger partial charge in [-0.05, 0) is 54.7 Å². The molecule has 1 saturated carbocycles. The molecule has 0 unspecified atom stereocenters. The molecule has 2 aromatic carbocycles. The van der Waals surface area contributed by atoms with Crippen LogP contribution in [0.2, 0.25) is 5.02 Å². The molecule has 1 fully saturated rings. The monoisotopic (exact) mass is 297 g/mol. The second kappa shape index (κ2) is 5.08. The van der Waals surface area contributed by atoms with Crippen molar-refractivity contribution in [1.82, 2.24) is 10.2 Å². The van der Waals surface area contributed by atoms with Gasteiger partial charge in [0.25, 0.3) is 0 Å². The number of aromatic amines is 1. The van der Waals surface area contributed by atoms with Crippen LogP contribution in [0.25, 0.3) is 10.9 Å². The van der Waals surface area contributed by atoms with Crippen LogP contribution in [-0.4, -0.2) is 16.2 Å². The largest absolute Gasteiger partial charge is 0.382 e. The van der Waals surface area contributed by atoms with Crippen molar-refractivity contribution in [2.24, 2.45) is 0 Å². The number of hydrogen-bond donors (Lipinski definition) is 2. The summed E-state index contributed by atoms with van der Waals surface area (Å²) in [4.78, 5) is 0. The zero-order valence-electron chi connectivity index (χ0n) is 11.5. The minimum Gasteiger partial charge on any atom is -0.382 e. The van der Waals surface area contributed by atoms with Crippen LogP contribution < -0.4 is 5.32 Å². The first-order valence-corrected chi connectivity index (χ1v) is 7.61. The molecule has 4 rings (SSSR count). The molecule has 0 spiro atoms. The summed E-state index contributed by atoms with van der Waals surface area (Å²) < 4.78 is 0. The highest BCUT2D eigenvalue weighted by Gasteiger charge is 2.30. The van der Waals surface area contributed by atoms with Crippen LogP contribution >= 0.6 is 11.6 Å². The standard InChI is InChI=1S/C17H16ClN3/c18-14-3-1-11(2-4-14)12-7-16(8-12)20-15-5-6-17-13(9-15)10-19-21-17/h1-6,9-10,12,16,20H,7-8H2,(H,19,21). The number of aromatic nitrogens is 2. The number of hydrogen-bond acceptors (Lipinski definition) is 2. The normalized spacial score (nSPS) is 21.2. The molecule has 4 heteroatoms. The molecule has 21 heavy (non-hydrogen) atoms. The Bertz CT molecular complexity index is 757. The van der Waals surface area contributed by atoms with Crippen LogP contribution in [-0.2, 0) is 0 Å². The van der Waals surface area contributed by atoms with Gasteiger partial charge in [0.05, 0.1) is 11.7 Å². The minimum absolute atomic E-state index is 0.551. The van der Waals surface area contributed by atoms with E-state index in [9.17, 15) is 0 Å². The number of anilines is 1. The Hall–Kier alpha value is -2.00. The van der Waals surface area contributed by atoms with Crippen molar-refractivity contribution in [3.05, 3.63) is 59.2 Å². The fourth-order valence-electron chi connectivity index (χ4n) is 3.01. The molecule has 106 valence electrons. The van der Waals surface area contributed by atoms with E-state index in [0.29, 0.717) is 12.0 Å². The van der Waals surface area contributed by atoms with Crippen LogP contribution in [0.15, 0.2) is 48.7 Å². The van der Waals surface area contributed by atoms with Gasteiger partial charge in [-0.25, -0.2) is 0 Å². The average Bonchev–Trinajstić information content (AvgIpc) is 2.91. The smallest absolute Gasteiger partial charge is 0.0651 e. The van der Waals surface area contributed by atoms with E-state index in [-0.39, 0.29) is 0 Å². The molecular weight excluding hydrogens is 282 g/mol. The number of nitrogens with one attached hydrogen (secondary N) is 2. The number of nitrogens with zero attached hydrogens (tertiary/aromatic N) is 1. The molecule has 0 bridgehead atoms. The van der Waals surface area contributed by atoms with Gasteiger partial charge in [0.1, 0.15) is 0 Å². The van der Waals surface area contributed by atoms with Crippen LogP contribution in [0, 0.1) is 0 Å². The molecule has 3 aromatic rings. The molecule has 1 heterocycles. The molecule has 0 saturated heterocycles. The van der Waals surface area contributed by atoms with Crippen molar-refractivity contribution < 1.29 is 0 Å². The van der Waals surface area contributed by atoms with Gasteiger partial charge in [0.15, 0.2) is 0 Å². The number of fused-ring (bicyclic) bond motifs is 1. The topological polar surface area (TPSA) is 40.7 Å². The Labute approximate surface area is 128 Å². The van der Waals surface area contributed by atoms with E-state index in [1.54, 1.807) is 0 Å². The Balaban J connectivity index is 1.40. The van der Waals surface area contributed by atoms with Crippen LogP contribution in [0.3, 0.4) is 0 Å². The molecule has 1 aliphatic rings. The first-order valence-electron chi connectivity index (χ1n) is 7.23. The third kappa shape index (κ3) is 2.49. The van der Waals surface area contributed by atoms with Crippen LogP contribution in [0.5, 0.6) is 0 Å². The summed E-state index contributed by atoms with van der Waals surface area (Å²) in [6, 6.07) is 15.1. The Kier molecular flexibility index (Phi) is 3.08. The Morgan fingerprint density at radius 3 is 2.71 bits per heavy atom. The maximum atomic E-state index is 5.93. The van der Waals surface area contributed by atoms with Gasteiger partial charge in [-0.2, -0.15) is 5.10 Å². The quantitative estimate of drug-likeness (QED) is 0.743. The van der Waals surface area contributed by atoms with Crippen LogP contribution in [0.4, 0.5) is 5.69 Å². The van der Waals surface area contributed by atoms with Gasteiger partial charge < -0.3 is 5.32 Å². The van der Waals surface area contributed by atoms with Crippen LogP contribution in [0.1, 0.15) is 24.3 Å². The number of benzene rings is 2. The number of rotatable bonds is 3. The molecular formula is C17H16ClN3. The molecule has 0 amide bonds. The maximum Gasteiger partial charge on any atom is 0.0651 e. The fourth-order valence-corrected chi connectivity index (χ4v) is 3.14. The van der Waals surface area contributed by atoms with E-state index in [1.165, 1.54) is 24.1 Å². The number of H-pyrrole nitrogens is 1. The van der Waals surface area contributed by atoms with E-state index in [1.807, 2.05) is 18.3 Å². The lowest BCUT2D eigenvalue weighted by Crippen LogP contribution is -2.33. The zero-order chi connectivity index (χ0) is 14.2. The van der Waals surface area contributed by atoms with Crippen molar-refractivity contribution >= 4 is 28.2 Å². The summed E-state index contributed by atoms with van der Waals surface area (Å²) in [7, 11) is 0. The minimum atomic E-state index is 0.551. The molecule has 3 nitrogen and oxygen atoms in total. The summed E-state index contributed by atoms with van der Waals surface area (Å²) >= 11 is 5.93. The van der Waals surface area contributed by atoms with E-state index < -0.39 is 0 Å². The van der Waals surface area contributed by atoms with Gasteiger partial charge in [-0.1, -0.05) is 23.7 Å². The van der Waals surface area contributed by atoms with E-state index in [0.717, 1.165) is 15.9 Å². The average molecular weight is 298 g/mol. The SMILES string of the molecule is Clc1ccc(C2CC(Nc3ccc4[nH]ncc4c3)C2)cc1. The Morgan fingerprint density at radius 2 is 1.90 bits per heavy atom. The lowest BCUT2D eigenvalue weighted by Gasteiger charge is -2.37. The zero-order valence-corrected chi connectivity index (χ0v) is 12.3. The highest BCUT2D eigenvalue weighted by molar-refractivity contribution is 6.30. The fraction of sp³-hybridized carbons (Fsp3) is 0.235. The third-order valence-corrected chi connectivity index (χ3v) is 4.54. The summed E-state index contributed by atoms with van der Waals surface area (Å²) in [5, 5.41) is 12.6. The lowest BCUT2D eigenvalue weighted by molar-refractivity contribution is 0.374. The predicted octanol–water partition coefficient (Wildman–Crippen LogP) is 4.57. The van der Waals surface area contributed by atoms with Crippen molar-refractivity contribution in [2.45, 2.75) is 24.8 Å². The summed E-state index contributed by atoms with van der Waals surface area (Å²) in [6.07, 6.45) is 4.20. The highest BCUT2D eigenvalue weighted by atomic mass is 35.5. The van der Waals surface area contributed by atoms with Crippen molar-refractivity contribution in [3.8, 4) is 0 Å². The summed E-state index contributed by atoms with van der Waals surface area (Å²) in [5.74, 6) is 0.650. The van der Waals surface area contributed by atoms with Crippen molar-refractivity contribution in [2.75, 3.05) is 5.32 Å². The first-order chi connectivity index (χ1) is 10.3. The van der Waals surface area contributed by atoms with Gasteiger partial charge in [0.2, 0.25) is 0 Å².